The van der Waals surface area contributed by atoms with Crippen LogP contribution in [0, 0.1) is 0 Å². The van der Waals surface area contributed by atoms with E-state index in [4.69, 9.17) is 16.7 Å². The average Bonchev–Trinajstić information content (AvgIpc) is 2.34. The van der Waals surface area contributed by atoms with Crippen LogP contribution in [0.3, 0.4) is 0 Å². The zero-order chi connectivity index (χ0) is 7.56. The van der Waals surface area contributed by atoms with Gasteiger partial charge in [0.05, 0.1) is 0 Å². The maximum Gasteiger partial charge on any atom is 0.322 e. The lowest BCUT2D eigenvalue weighted by atomic mass is 10.1. The Morgan fingerprint density at radius 1 is 1.70 bits per heavy atom. The standard InChI is InChI=1S/C5H9ClN2O2/c6-2-3-1-4(5(9)10)8-7-3/h3-4,7-8H,1-2H2,(H,9,10)/t3-,4-/m1/s1. The Hall–Kier alpha value is -0.320. The highest BCUT2D eigenvalue weighted by atomic mass is 35.5. The van der Waals surface area contributed by atoms with Gasteiger partial charge >= 0.3 is 5.97 Å². The number of nitrogens with one attached hydrogen (secondary N) is 2. The Kier molecular flexibility index (Phi) is 2.48. The van der Waals surface area contributed by atoms with Crippen molar-refractivity contribution >= 4 is 17.6 Å². The van der Waals surface area contributed by atoms with E-state index >= 15 is 0 Å². The monoisotopic (exact) mass is 164 g/mol. The number of halogens is 1. The summed E-state index contributed by atoms with van der Waals surface area (Å²) in [5.41, 5.74) is 5.40. The molecule has 10 heavy (non-hydrogen) atoms. The number of hydrogen-bond donors (Lipinski definition) is 3. The molecule has 4 nitrogen and oxygen atoms in total. The van der Waals surface area contributed by atoms with Crippen molar-refractivity contribution in [1.29, 1.82) is 0 Å². The third-order valence-electron chi connectivity index (χ3n) is 1.47. The van der Waals surface area contributed by atoms with Crippen molar-refractivity contribution in [2.45, 2.75) is 18.5 Å². The summed E-state index contributed by atoms with van der Waals surface area (Å²) < 4.78 is 0. The number of hydrogen-bond acceptors (Lipinski definition) is 3. The fourth-order valence-electron chi connectivity index (χ4n) is 0.885. The molecule has 0 bridgehead atoms. The lowest BCUT2D eigenvalue weighted by Gasteiger charge is -1.99. The second-order valence-electron chi connectivity index (χ2n) is 2.27. The molecule has 3 N–H and O–H groups in total. The Labute approximate surface area is 63.5 Å². The van der Waals surface area contributed by atoms with Gasteiger partial charge in [-0.05, 0) is 6.42 Å². The van der Waals surface area contributed by atoms with Gasteiger partial charge in [-0.1, -0.05) is 0 Å². The quantitative estimate of drug-likeness (QED) is 0.484. The lowest BCUT2D eigenvalue weighted by Crippen LogP contribution is -2.37. The molecule has 0 radical (unpaired) electrons. The molecule has 1 aliphatic rings. The molecule has 2 atom stereocenters. The van der Waals surface area contributed by atoms with Crippen molar-refractivity contribution in [2.75, 3.05) is 5.88 Å². The lowest BCUT2D eigenvalue weighted by molar-refractivity contribution is -0.139. The van der Waals surface area contributed by atoms with Crippen LogP contribution in [0.1, 0.15) is 6.42 Å². The van der Waals surface area contributed by atoms with Gasteiger partial charge in [-0.3, -0.25) is 10.2 Å². The number of carboxylic acid groups (broad SMARTS) is 1. The first-order valence-electron chi connectivity index (χ1n) is 3.04. The maximum absolute atomic E-state index is 10.3. The van der Waals surface area contributed by atoms with Gasteiger partial charge in [0.25, 0.3) is 0 Å². The Morgan fingerprint density at radius 3 is 2.70 bits per heavy atom. The van der Waals surface area contributed by atoms with E-state index in [0.717, 1.165) is 0 Å². The summed E-state index contributed by atoms with van der Waals surface area (Å²) in [5, 5.41) is 8.48. The number of rotatable bonds is 2. The molecule has 1 heterocycles. The largest absolute Gasteiger partial charge is 0.480 e. The summed E-state index contributed by atoms with van der Waals surface area (Å²) in [7, 11) is 0. The minimum Gasteiger partial charge on any atom is -0.480 e. The fraction of sp³-hybridized carbons (Fsp3) is 0.800. The summed E-state index contributed by atoms with van der Waals surface area (Å²) in [6.07, 6.45) is 0.554. The van der Waals surface area contributed by atoms with Crippen molar-refractivity contribution < 1.29 is 9.90 Å². The molecule has 0 spiro atoms. The average molecular weight is 165 g/mol. The van der Waals surface area contributed by atoms with Crippen LogP contribution in [0.15, 0.2) is 0 Å². The number of aliphatic carboxylic acids is 1. The molecule has 1 aliphatic heterocycles. The molecule has 1 fully saturated rings. The second-order valence-corrected chi connectivity index (χ2v) is 2.58. The van der Waals surface area contributed by atoms with E-state index in [9.17, 15) is 4.79 Å². The molecule has 0 amide bonds. The van der Waals surface area contributed by atoms with Gasteiger partial charge in [0.2, 0.25) is 0 Å². The zero-order valence-electron chi connectivity index (χ0n) is 5.30. The molecule has 0 unspecified atom stereocenters. The highest BCUT2D eigenvalue weighted by molar-refractivity contribution is 6.18. The van der Waals surface area contributed by atoms with Crippen LogP contribution < -0.4 is 10.9 Å². The van der Waals surface area contributed by atoms with E-state index in [0.29, 0.717) is 12.3 Å². The van der Waals surface area contributed by atoms with Crippen LogP contribution in [-0.2, 0) is 4.79 Å². The first-order chi connectivity index (χ1) is 4.74. The summed E-state index contributed by atoms with van der Waals surface area (Å²) in [6, 6.07) is -0.397. The third kappa shape index (κ3) is 1.59. The summed E-state index contributed by atoms with van der Waals surface area (Å²) in [4.78, 5) is 10.3. The highest BCUT2D eigenvalue weighted by Gasteiger charge is 2.27. The van der Waals surface area contributed by atoms with Crippen molar-refractivity contribution in [3.8, 4) is 0 Å². The normalized spacial score (nSPS) is 32.5. The minimum absolute atomic E-state index is 0.0859. The number of carboxylic acids is 1. The molecular weight excluding hydrogens is 156 g/mol. The van der Waals surface area contributed by atoms with Gasteiger partial charge in [0.15, 0.2) is 0 Å². The molecule has 58 valence electrons. The Balaban J connectivity index is 2.35. The van der Waals surface area contributed by atoms with Crippen molar-refractivity contribution in [3.63, 3.8) is 0 Å². The van der Waals surface area contributed by atoms with Gasteiger partial charge in [-0.15, -0.1) is 11.6 Å². The Morgan fingerprint density at radius 2 is 2.40 bits per heavy atom. The van der Waals surface area contributed by atoms with Crippen LogP contribution >= 0.6 is 11.6 Å². The SMILES string of the molecule is O=C(O)[C@H]1C[C@H](CCl)NN1. The van der Waals surface area contributed by atoms with Crippen molar-refractivity contribution in [1.82, 2.24) is 10.9 Å². The fourth-order valence-corrected chi connectivity index (χ4v) is 1.09. The topological polar surface area (TPSA) is 61.4 Å². The van der Waals surface area contributed by atoms with Gasteiger partial charge in [0, 0.05) is 11.9 Å². The molecule has 0 aromatic carbocycles. The molecule has 0 aromatic heterocycles. The van der Waals surface area contributed by atoms with E-state index in [1.165, 1.54) is 0 Å². The first kappa shape index (κ1) is 7.78. The molecule has 1 saturated heterocycles. The summed E-state index contributed by atoms with van der Waals surface area (Å²) in [6.45, 7) is 0. The van der Waals surface area contributed by atoms with E-state index in [1.54, 1.807) is 0 Å². The van der Waals surface area contributed by atoms with Crippen LogP contribution in [0.4, 0.5) is 0 Å². The van der Waals surface area contributed by atoms with E-state index < -0.39 is 12.0 Å². The second kappa shape index (κ2) is 3.18. The van der Waals surface area contributed by atoms with Crippen molar-refractivity contribution in [2.24, 2.45) is 0 Å². The molecule has 1 rings (SSSR count). The first-order valence-corrected chi connectivity index (χ1v) is 3.57. The predicted molar refractivity (Wildman–Crippen MR) is 36.8 cm³/mol. The van der Waals surface area contributed by atoms with E-state index in [-0.39, 0.29) is 6.04 Å². The molecule has 0 aliphatic carbocycles. The maximum atomic E-state index is 10.3. The molecule has 0 saturated carbocycles. The summed E-state index contributed by atoms with van der Waals surface area (Å²) >= 11 is 5.48. The molecular formula is C5H9ClN2O2. The summed E-state index contributed by atoms with van der Waals surface area (Å²) in [5.74, 6) is -0.392. The predicted octanol–water partition coefficient (Wildman–Crippen LogP) is -0.455. The van der Waals surface area contributed by atoms with Crippen LogP contribution in [-0.4, -0.2) is 29.0 Å². The van der Waals surface area contributed by atoms with Crippen LogP contribution in [0.5, 0.6) is 0 Å². The number of carbonyl (C=O) groups is 1. The minimum atomic E-state index is -0.833. The van der Waals surface area contributed by atoms with Crippen molar-refractivity contribution in [3.05, 3.63) is 0 Å². The third-order valence-corrected chi connectivity index (χ3v) is 1.84. The van der Waals surface area contributed by atoms with E-state index in [1.807, 2.05) is 0 Å². The van der Waals surface area contributed by atoms with Gasteiger partial charge in [-0.2, -0.15) is 0 Å². The highest BCUT2D eigenvalue weighted by Crippen LogP contribution is 2.05. The number of alkyl halides is 1. The zero-order valence-corrected chi connectivity index (χ0v) is 6.06. The van der Waals surface area contributed by atoms with Crippen LogP contribution in [0.25, 0.3) is 0 Å². The Bertz CT molecular complexity index is 142. The molecule has 0 aromatic rings. The smallest absolute Gasteiger partial charge is 0.322 e. The van der Waals surface area contributed by atoms with Gasteiger partial charge in [0.1, 0.15) is 6.04 Å². The van der Waals surface area contributed by atoms with Gasteiger partial charge in [-0.25, -0.2) is 5.43 Å². The molecule has 5 heteroatoms. The van der Waals surface area contributed by atoms with Gasteiger partial charge < -0.3 is 5.11 Å². The number of hydrazine groups is 1. The van der Waals surface area contributed by atoms with Crippen LogP contribution in [0.2, 0.25) is 0 Å². The van der Waals surface area contributed by atoms with E-state index in [2.05, 4.69) is 10.9 Å².